The van der Waals surface area contributed by atoms with Gasteiger partial charge in [-0.25, -0.2) is 4.79 Å². The molecule has 0 aliphatic carbocycles. The van der Waals surface area contributed by atoms with Crippen LogP contribution in [-0.4, -0.2) is 29.7 Å². The highest BCUT2D eigenvalue weighted by molar-refractivity contribution is 5.75. The minimum absolute atomic E-state index is 0.213. The van der Waals surface area contributed by atoms with Crippen LogP contribution in [0.2, 0.25) is 0 Å². The summed E-state index contributed by atoms with van der Waals surface area (Å²) in [7, 11) is 0. The van der Waals surface area contributed by atoms with Crippen molar-refractivity contribution in [2.45, 2.75) is 45.1 Å². The summed E-state index contributed by atoms with van der Waals surface area (Å²) in [6.07, 6.45) is 1.87. The maximum atomic E-state index is 12.4. The topological polar surface area (TPSA) is 41.6 Å². The SMILES string of the molecule is C=C(Nc1ccc([C@@H]2CCCN(C(=O)OC(C)(C)C)C2)cc1)c1ccccc1. The molecular weight excluding hydrogens is 348 g/mol. The molecule has 0 spiro atoms. The Morgan fingerprint density at radius 2 is 1.79 bits per heavy atom. The fourth-order valence-electron chi connectivity index (χ4n) is 3.47. The van der Waals surface area contributed by atoms with Crippen LogP contribution in [0.4, 0.5) is 10.5 Å². The third-order valence-electron chi connectivity index (χ3n) is 4.87. The Hall–Kier alpha value is -2.75. The normalized spacial score (nSPS) is 17.1. The predicted octanol–water partition coefficient (Wildman–Crippen LogP) is 5.88. The summed E-state index contributed by atoms with van der Waals surface area (Å²) in [5.74, 6) is 0.340. The molecular formula is C24H30N2O2. The predicted molar refractivity (Wildman–Crippen MR) is 115 cm³/mol. The van der Waals surface area contributed by atoms with Crippen molar-refractivity contribution >= 4 is 17.5 Å². The van der Waals surface area contributed by atoms with Gasteiger partial charge in [-0.05, 0) is 56.9 Å². The number of piperidine rings is 1. The molecule has 4 heteroatoms. The van der Waals surface area contributed by atoms with Crippen molar-refractivity contribution in [3.8, 4) is 0 Å². The molecule has 1 fully saturated rings. The van der Waals surface area contributed by atoms with Crippen LogP contribution in [-0.2, 0) is 4.74 Å². The van der Waals surface area contributed by atoms with Crippen LogP contribution in [0.25, 0.3) is 5.70 Å². The molecule has 1 atom stereocenters. The second-order valence-electron chi connectivity index (χ2n) is 8.36. The van der Waals surface area contributed by atoms with Gasteiger partial charge in [0.15, 0.2) is 0 Å². The Labute approximate surface area is 168 Å². The van der Waals surface area contributed by atoms with E-state index in [4.69, 9.17) is 4.74 Å². The molecule has 148 valence electrons. The fourth-order valence-corrected chi connectivity index (χ4v) is 3.47. The number of anilines is 1. The van der Waals surface area contributed by atoms with Gasteiger partial charge in [0.1, 0.15) is 5.60 Å². The van der Waals surface area contributed by atoms with E-state index in [2.05, 4.69) is 36.2 Å². The average molecular weight is 379 g/mol. The van der Waals surface area contributed by atoms with Gasteiger partial charge in [0, 0.05) is 30.4 Å². The van der Waals surface area contributed by atoms with E-state index in [1.807, 2.05) is 56.0 Å². The van der Waals surface area contributed by atoms with Crippen molar-refractivity contribution in [2.75, 3.05) is 18.4 Å². The van der Waals surface area contributed by atoms with Crippen molar-refractivity contribution in [1.29, 1.82) is 0 Å². The summed E-state index contributed by atoms with van der Waals surface area (Å²) in [5, 5.41) is 3.36. The van der Waals surface area contributed by atoms with Crippen molar-refractivity contribution in [3.05, 3.63) is 72.3 Å². The first-order chi connectivity index (χ1) is 13.3. The van der Waals surface area contributed by atoms with Crippen molar-refractivity contribution in [3.63, 3.8) is 0 Å². The van der Waals surface area contributed by atoms with E-state index in [9.17, 15) is 4.79 Å². The van der Waals surface area contributed by atoms with Gasteiger partial charge >= 0.3 is 6.09 Å². The number of nitrogens with zero attached hydrogens (tertiary/aromatic N) is 1. The average Bonchev–Trinajstić information content (AvgIpc) is 2.68. The highest BCUT2D eigenvalue weighted by Crippen LogP contribution is 2.29. The lowest BCUT2D eigenvalue weighted by atomic mass is 9.90. The van der Waals surface area contributed by atoms with Gasteiger partial charge in [-0.2, -0.15) is 0 Å². The number of benzene rings is 2. The number of rotatable bonds is 4. The van der Waals surface area contributed by atoms with Crippen LogP contribution < -0.4 is 5.32 Å². The second kappa shape index (κ2) is 8.51. The lowest BCUT2D eigenvalue weighted by Crippen LogP contribution is -2.42. The number of hydrogen-bond acceptors (Lipinski definition) is 3. The minimum Gasteiger partial charge on any atom is -0.444 e. The largest absolute Gasteiger partial charge is 0.444 e. The van der Waals surface area contributed by atoms with Crippen LogP contribution in [0, 0.1) is 0 Å². The van der Waals surface area contributed by atoms with Gasteiger partial charge in [0.25, 0.3) is 0 Å². The van der Waals surface area contributed by atoms with Crippen molar-refractivity contribution in [2.24, 2.45) is 0 Å². The number of likely N-dealkylation sites (tertiary alicyclic amines) is 1. The summed E-state index contributed by atoms with van der Waals surface area (Å²) in [5.41, 5.74) is 3.76. The summed E-state index contributed by atoms with van der Waals surface area (Å²) in [6, 6.07) is 18.5. The molecule has 0 saturated carbocycles. The molecule has 2 aromatic carbocycles. The zero-order valence-electron chi connectivity index (χ0n) is 17.1. The third kappa shape index (κ3) is 5.38. The van der Waals surface area contributed by atoms with Gasteiger partial charge in [0.05, 0.1) is 0 Å². The smallest absolute Gasteiger partial charge is 0.410 e. The molecule has 2 aromatic rings. The van der Waals surface area contributed by atoms with E-state index in [0.29, 0.717) is 12.5 Å². The van der Waals surface area contributed by atoms with Gasteiger partial charge in [0.2, 0.25) is 0 Å². The molecule has 1 heterocycles. The van der Waals surface area contributed by atoms with Crippen LogP contribution in [0.1, 0.15) is 50.7 Å². The minimum atomic E-state index is -0.460. The molecule has 0 unspecified atom stereocenters. The molecule has 1 saturated heterocycles. The van der Waals surface area contributed by atoms with Gasteiger partial charge in [-0.1, -0.05) is 49.0 Å². The first kappa shape index (κ1) is 20.0. The van der Waals surface area contributed by atoms with Gasteiger partial charge in [-0.15, -0.1) is 0 Å². The molecule has 4 nitrogen and oxygen atoms in total. The number of nitrogens with one attached hydrogen (secondary N) is 1. The summed E-state index contributed by atoms with van der Waals surface area (Å²) in [6.45, 7) is 11.3. The van der Waals surface area contributed by atoms with Crippen molar-refractivity contribution in [1.82, 2.24) is 4.90 Å². The Morgan fingerprint density at radius 3 is 2.43 bits per heavy atom. The van der Waals surface area contributed by atoms with Gasteiger partial charge in [-0.3, -0.25) is 0 Å². The van der Waals surface area contributed by atoms with E-state index in [0.717, 1.165) is 36.3 Å². The van der Waals surface area contributed by atoms with E-state index >= 15 is 0 Å². The lowest BCUT2D eigenvalue weighted by molar-refractivity contribution is 0.0198. The molecule has 0 radical (unpaired) electrons. The fraction of sp³-hybridized carbons (Fsp3) is 0.375. The molecule has 0 bridgehead atoms. The molecule has 1 aliphatic rings. The number of hydrogen-bond donors (Lipinski definition) is 1. The highest BCUT2D eigenvalue weighted by atomic mass is 16.6. The van der Waals surface area contributed by atoms with E-state index in [1.165, 1.54) is 5.56 Å². The van der Waals surface area contributed by atoms with Crippen molar-refractivity contribution < 1.29 is 9.53 Å². The zero-order valence-corrected chi connectivity index (χ0v) is 17.1. The Balaban J connectivity index is 1.61. The summed E-state index contributed by atoms with van der Waals surface area (Å²) >= 11 is 0. The van der Waals surface area contributed by atoms with Crippen LogP contribution >= 0.6 is 0 Å². The molecule has 0 aromatic heterocycles. The quantitative estimate of drug-likeness (QED) is 0.722. The molecule has 1 aliphatic heterocycles. The number of carbonyl (C=O) groups excluding carboxylic acids is 1. The van der Waals surface area contributed by atoms with Crippen LogP contribution in [0.3, 0.4) is 0 Å². The van der Waals surface area contributed by atoms with Crippen LogP contribution in [0.15, 0.2) is 61.2 Å². The van der Waals surface area contributed by atoms with E-state index < -0.39 is 5.60 Å². The lowest BCUT2D eigenvalue weighted by Gasteiger charge is -2.34. The number of ether oxygens (including phenoxy) is 1. The third-order valence-corrected chi connectivity index (χ3v) is 4.87. The molecule has 3 rings (SSSR count). The monoisotopic (exact) mass is 378 g/mol. The Kier molecular flexibility index (Phi) is 6.08. The maximum Gasteiger partial charge on any atom is 0.410 e. The first-order valence-electron chi connectivity index (χ1n) is 9.91. The summed E-state index contributed by atoms with van der Waals surface area (Å²) in [4.78, 5) is 14.2. The van der Waals surface area contributed by atoms with Gasteiger partial charge < -0.3 is 15.0 Å². The summed E-state index contributed by atoms with van der Waals surface area (Å²) < 4.78 is 5.53. The molecule has 28 heavy (non-hydrogen) atoms. The van der Waals surface area contributed by atoms with E-state index in [-0.39, 0.29) is 6.09 Å². The van der Waals surface area contributed by atoms with Crippen LogP contribution in [0.5, 0.6) is 0 Å². The Bertz CT molecular complexity index is 807. The maximum absolute atomic E-state index is 12.4. The highest BCUT2D eigenvalue weighted by Gasteiger charge is 2.28. The zero-order chi connectivity index (χ0) is 20.1. The number of carbonyl (C=O) groups is 1. The Morgan fingerprint density at radius 1 is 1.11 bits per heavy atom. The number of amides is 1. The first-order valence-corrected chi connectivity index (χ1v) is 9.91. The molecule has 1 amide bonds. The standard InChI is InChI=1S/C24H30N2O2/c1-18(19-9-6-5-7-10-19)25-22-14-12-20(13-15-22)21-11-8-16-26(17-21)23(27)28-24(2,3)4/h5-7,9-10,12-15,21,25H,1,8,11,16-17H2,2-4H3/t21-/m1/s1. The van der Waals surface area contributed by atoms with E-state index in [1.54, 1.807) is 0 Å². The molecule has 1 N–H and O–H groups in total. The second-order valence-corrected chi connectivity index (χ2v) is 8.36.